The molecular formula is C28H46O6. The first-order valence-corrected chi connectivity index (χ1v) is 13.4. The Morgan fingerprint density at radius 2 is 1.79 bits per heavy atom. The van der Waals surface area contributed by atoms with Gasteiger partial charge in [0.2, 0.25) is 0 Å². The number of hydrogen-bond acceptors (Lipinski definition) is 6. The fourth-order valence-electron chi connectivity index (χ4n) is 7.81. The average molecular weight is 479 g/mol. The summed E-state index contributed by atoms with van der Waals surface area (Å²) in [6, 6.07) is 0. The largest absolute Gasteiger partial charge is 0.431 e. The summed E-state index contributed by atoms with van der Waals surface area (Å²) in [5.74, 6) is 2.73. The van der Waals surface area contributed by atoms with Gasteiger partial charge in [-0.05, 0) is 67.8 Å². The summed E-state index contributed by atoms with van der Waals surface area (Å²) in [6.45, 7) is 11.8. The Labute approximate surface area is 206 Å². The lowest BCUT2D eigenvalue weighted by Gasteiger charge is -2.53. The van der Waals surface area contributed by atoms with Gasteiger partial charge in [-0.15, -0.1) is 0 Å². The maximum absolute atomic E-state index is 13.3. The molecular weight excluding hydrogens is 432 g/mol. The molecule has 4 rings (SSSR count). The maximum atomic E-state index is 13.3. The Morgan fingerprint density at radius 3 is 2.53 bits per heavy atom. The standard InChI is InChI=1S/C28H46O6/c1-18(14-30-5)15-32-16-19(2)21-7-8-22-25-23(10-12-27(21,22)3)28(4)11-9-20(33-17-31-6)13-24(28)26(29)34-25/h18-22,24H,7-17H2,1-6H3/t18?,19-,20+,21-,22+,24-,27-,28-/m1/s1. The summed E-state index contributed by atoms with van der Waals surface area (Å²) in [7, 11) is 3.38. The molecule has 0 aromatic carbocycles. The van der Waals surface area contributed by atoms with Crippen LogP contribution in [0.25, 0.3) is 0 Å². The Hall–Kier alpha value is -0.950. The van der Waals surface area contributed by atoms with E-state index >= 15 is 0 Å². The van der Waals surface area contributed by atoms with Gasteiger partial charge >= 0.3 is 5.97 Å². The van der Waals surface area contributed by atoms with Gasteiger partial charge in [0, 0.05) is 38.1 Å². The van der Waals surface area contributed by atoms with Gasteiger partial charge in [0.1, 0.15) is 12.6 Å². The van der Waals surface area contributed by atoms with E-state index in [2.05, 4.69) is 27.7 Å². The molecule has 0 radical (unpaired) electrons. The summed E-state index contributed by atoms with van der Waals surface area (Å²) in [4.78, 5) is 13.3. The number of esters is 1. The van der Waals surface area contributed by atoms with Crippen molar-refractivity contribution < 1.29 is 28.5 Å². The van der Waals surface area contributed by atoms with Crippen molar-refractivity contribution in [1.82, 2.24) is 0 Å². The second kappa shape index (κ2) is 10.6. The number of carbonyl (C=O) groups excluding carboxylic acids is 1. The van der Waals surface area contributed by atoms with Crippen LogP contribution < -0.4 is 0 Å². The van der Waals surface area contributed by atoms with E-state index in [1.54, 1.807) is 14.2 Å². The third-order valence-electron chi connectivity index (χ3n) is 9.72. The molecule has 0 N–H and O–H groups in total. The van der Waals surface area contributed by atoms with Crippen molar-refractivity contribution >= 4 is 5.97 Å². The highest BCUT2D eigenvalue weighted by Crippen LogP contribution is 2.64. The molecule has 1 unspecified atom stereocenters. The van der Waals surface area contributed by atoms with Gasteiger partial charge in [0.15, 0.2) is 0 Å². The number of carbonyl (C=O) groups is 1. The van der Waals surface area contributed by atoms with Crippen molar-refractivity contribution in [2.75, 3.05) is 40.8 Å². The first-order valence-electron chi connectivity index (χ1n) is 13.4. The lowest BCUT2D eigenvalue weighted by atomic mass is 9.55. The lowest BCUT2D eigenvalue weighted by molar-refractivity contribution is -0.164. The summed E-state index contributed by atoms with van der Waals surface area (Å²) >= 11 is 0. The minimum atomic E-state index is -0.107. The quantitative estimate of drug-likeness (QED) is 0.311. The summed E-state index contributed by atoms with van der Waals surface area (Å²) in [5, 5.41) is 0. The normalized spacial score (nSPS) is 39.2. The number of rotatable bonds is 10. The van der Waals surface area contributed by atoms with E-state index in [4.69, 9.17) is 23.7 Å². The minimum absolute atomic E-state index is 0.0387. The average Bonchev–Trinajstić information content (AvgIpc) is 3.16. The zero-order valence-electron chi connectivity index (χ0n) is 22.2. The van der Waals surface area contributed by atoms with E-state index in [9.17, 15) is 4.79 Å². The Morgan fingerprint density at radius 1 is 1.00 bits per heavy atom. The topological polar surface area (TPSA) is 63.2 Å². The van der Waals surface area contributed by atoms with E-state index in [1.165, 1.54) is 18.4 Å². The van der Waals surface area contributed by atoms with Gasteiger partial charge in [-0.25, -0.2) is 0 Å². The highest BCUT2D eigenvalue weighted by atomic mass is 16.7. The Balaban J connectivity index is 1.46. The van der Waals surface area contributed by atoms with Gasteiger partial charge in [0.25, 0.3) is 0 Å². The van der Waals surface area contributed by atoms with E-state index in [0.717, 1.165) is 57.7 Å². The lowest BCUT2D eigenvalue weighted by Crippen LogP contribution is -2.50. The molecule has 2 saturated carbocycles. The molecule has 0 aromatic heterocycles. The van der Waals surface area contributed by atoms with Crippen LogP contribution in [0.3, 0.4) is 0 Å². The molecule has 1 aliphatic heterocycles. The molecule has 0 bridgehead atoms. The number of allylic oxidation sites excluding steroid dienone is 2. The molecule has 34 heavy (non-hydrogen) atoms. The fourth-order valence-corrected chi connectivity index (χ4v) is 7.81. The Kier molecular flexibility index (Phi) is 8.13. The van der Waals surface area contributed by atoms with Crippen LogP contribution in [0.4, 0.5) is 0 Å². The molecule has 0 aromatic rings. The zero-order chi connectivity index (χ0) is 24.5. The Bertz CT molecular complexity index is 764. The van der Waals surface area contributed by atoms with Crippen LogP contribution in [0.5, 0.6) is 0 Å². The molecule has 194 valence electrons. The molecule has 3 aliphatic carbocycles. The second-order valence-corrected chi connectivity index (χ2v) is 12.0. The number of hydrogen-bond donors (Lipinski definition) is 0. The number of ether oxygens (including phenoxy) is 5. The van der Waals surface area contributed by atoms with E-state index < -0.39 is 0 Å². The van der Waals surface area contributed by atoms with Crippen LogP contribution in [0.2, 0.25) is 0 Å². The highest BCUT2D eigenvalue weighted by Gasteiger charge is 2.59. The zero-order valence-corrected chi connectivity index (χ0v) is 22.2. The van der Waals surface area contributed by atoms with Crippen molar-refractivity contribution in [3.8, 4) is 0 Å². The van der Waals surface area contributed by atoms with Crippen molar-refractivity contribution in [1.29, 1.82) is 0 Å². The highest BCUT2D eigenvalue weighted by molar-refractivity contribution is 5.77. The predicted octanol–water partition coefficient (Wildman–Crippen LogP) is 5.35. The van der Waals surface area contributed by atoms with Crippen molar-refractivity contribution in [2.45, 2.75) is 78.7 Å². The van der Waals surface area contributed by atoms with Gasteiger partial charge in [-0.1, -0.05) is 27.7 Å². The van der Waals surface area contributed by atoms with Crippen LogP contribution >= 0.6 is 0 Å². The van der Waals surface area contributed by atoms with Crippen molar-refractivity contribution in [3.63, 3.8) is 0 Å². The summed E-state index contributed by atoms with van der Waals surface area (Å²) in [6.07, 6.45) is 7.27. The van der Waals surface area contributed by atoms with Gasteiger partial charge < -0.3 is 23.7 Å². The van der Waals surface area contributed by atoms with Crippen LogP contribution in [-0.4, -0.2) is 52.9 Å². The van der Waals surface area contributed by atoms with Crippen LogP contribution in [0.1, 0.15) is 72.6 Å². The van der Waals surface area contributed by atoms with E-state index in [0.29, 0.717) is 23.7 Å². The molecule has 0 amide bonds. The number of methoxy groups -OCH3 is 2. The van der Waals surface area contributed by atoms with Crippen LogP contribution in [0, 0.1) is 40.4 Å². The maximum Gasteiger partial charge on any atom is 0.315 e. The number of fused-ring (bicyclic) bond motifs is 4. The SMILES string of the molecule is COCO[C@H]1CC[C@]2(C)C3=C(OC(=O)[C@H]2C1)[C@@H]1CC[C@H]([C@H](C)COCC(C)COC)[C@@]1(C)CC3. The monoisotopic (exact) mass is 478 g/mol. The second-order valence-electron chi connectivity index (χ2n) is 12.0. The third kappa shape index (κ3) is 4.72. The summed E-state index contributed by atoms with van der Waals surface area (Å²) < 4.78 is 28.5. The van der Waals surface area contributed by atoms with Gasteiger partial charge in [-0.3, -0.25) is 4.79 Å². The molecule has 6 nitrogen and oxygen atoms in total. The van der Waals surface area contributed by atoms with Crippen LogP contribution in [0.15, 0.2) is 11.3 Å². The first kappa shape index (κ1) is 26.1. The van der Waals surface area contributed by atoms with E-state index in [-0.39, 0.29) is 35.6 Å². The first-order chi connectivity index (χ1) is 16.2. The van der Waals surface area contributed by atoms with Gasteiger partial charge in [-0.2, -0.15) is 0 Å². The van der Waals surface area contributed by atoms with Gasteiger partial charge in [0.05, 0.1) is 25.2 Å². The van der Waals surface area contributed by atoms with Crippen molar-refractivity contribution in [2.24, 2.45) is 40.4 Å². The molecule has 1 heterocycles. The van der Waals surface area contributed by atoms with Crippen LogP contribution in [-0.2, 0) is 28.5 Å². The fraction of sp³-hybridized carbons (Fsp3) is 0.893. The minimum Gasteiger partial charge on any atom is -0.431 e. The smallest absolute Gasteiger partial charge is 0.315 e. The van der Waals surface area contributed by atoms with E-state index in [1.807, 2.05) is 0 Å². The summed E-state index contributed by atoms with van der Waals surface area (Å²) in [5.41, 5.74) is 1.51. The molecule has 8 atom stereocenters. The molecule has 0 saturated heterocycles. The molecule has 2 fully saturated rings. The predicted molar refractivity (Wildman–Crippen MR) is 130 cm³/mol. The molecule has 6 heteroatoms. The van der Waals surface area contributed by atoms with Crippen molar-refractivity contribution in [3.05, 3.63) is 11.3 Å². The molecule has 4 aliphatic rings. The third-order valence-corrected chi connectivity index (χ3v) is 9.72. The molecule has 0 spiro atoms.